The van der Waals surface area contributed by atoms with Crippen LogP contribution in [0.5, 0.6) is 0 Å². The molecule has 0 saturated heterocycles. The van der Waals surface area contributed by atoms with Crippen molar-refractivity contribution in [1.29, 1.82) is 0 Å². The van der Waals surface area contributed by atoms with Crippen LogP contribution in [0.2, 0.25) is 0 Å². The normalized spacial score (nSPS) is 9.83. The first-order valence-electron chi connectivity index (χ1n) is 4.06. The third-order valence-corrected chi connectivity index (χ3v) is 2.63. The summed E-state index contributed by atoms with van der Waals surface area (Å²) in [6, 6.07) is 0. The predicted molar refractivity (Wildman–Crippen MR) is 54.9 cm³/mol. The van der Waals surface area contributed by atoms with E-state index < -0.39 is 0 Å². The molecule has 0 aromatic carbocycles. The molecule has 0 bridgehead atoms. The van der Waals surface area contributed by atoms with Gasteiger partial charge in [-0.15, -0.1) is 17.9 Å². The van der Waals surface area contributed by atoms with Crippen LogP contribution in [0, 0.1) is 6.92 Å². The molecule has 0 aliphatic rings. The molecular formula is C9H14N2S. The molecule has 0 spiro atoms. The fourth-order valence-corrected chi connectivity index (χ4v) is 1.87. The van der Waals surface area contributed by atoms with Crippen LogP contribution in [0.1, 0.15) is 11.9 Å². The minimum absolute atomic E-state index is 0.901. The van der Waals surface area contributed by atoms with Crippen molar-refractivity contribution >= 4 is 16.3 Å². The van der Waals surface area contributed by atoms with Crippen LogP contribution < -0.4 is 4.90 Å². The summed E-state index contributed by atoms with van der Waals surface area (Å²) in [5.41, 5.74) is 0. The van der Waals surface area contributed by atoms with E-state index in [0.29, 0.717) is 0 Å². The van der Waals surface area contributed by atoms with Crippen molar-refractivity contribution in [3.63, 3.8) is 0 Å². The number of anilines is 1. The lowest BCUT2D eigenvalue weighted by molar-refractivity contribution is 0.916. The first-order valence-corrected chi connectivity index (χ1v) is 4.87. The second-order valence-electron chi connectivity index (χ2n) is 2.54. The summed E-state index contributed by atoms with van der Waals surface area (Å²) in [6.07, 6.45) is 3.84. The predicted octanol–water partition coefficient (Wildman–Crippen LogP) is 2.46. The molecule has 0 amide bonds. The number of rotatable bonds is 4. The maximum absolute atomic E-state index is 4.21. The van der Waals surface area contributed by atoms with E-state index in [1.807, 2.05) is 19.2 Å². The number of likely N-dealkylation sites (N-methyl/N-ethyl adjacent to an activating group) is 1. The summed E-state index contributed by atoms with van der Waals surface area (Å²) in [5, 5.41) is 2.35. The first kappa shape index (κ1) is 9.26. The Hall–Kier alpha value is -0.830. The van der Waals surface area contributed by atoms with Gasteiger partial charge in [0.25, 0.3) is 0 Å². The lowest BCUT2D eigenvalue weighted by atomic mass is 10.5. The molecule has 0 radical (unpaired) electrons. The van der Waals surface area contributed by atoms with Crippen LogP contribution in [0.4, 0.5) is 5.00 Å². The molecule has 2 nitrogen and oxygen atoms in total. The number of thiazole rings is 1. The molecule has 0 saturated carbocycles. The van der Waals surface area contributed by atoms with Crippen LogP contribution in [-0.4, -0.2) is 18.1 Å². The third kappa shape index (κ3) is 2.08. The van der Waals surface area contributed by atoms with Crippen molar-refractivity contribution < 1.29 is 0 Å². The number of hydrogen-bond acceptors (Lipinski definition) is 3. The monoisotopic (exact) mass is 182 g/mol. The van der Waals surface area contributed by atoms with Gasteiger partial charge in [0, 0.05) is 13.1 Å². The Morgan fingerprint density at radius 2 is 2.50 bits per heavy atom. The molecular weight excluding hydrogens is 168 g/mol. The third-order valence-electron chi connectivity index (χ3n) is 1.65. The molecule has 0 aliphatic heterocycles. The van der Waals surface area contributed by atoms with E-state index in [-0.39, 0.29) is 0 Å². The highest BCUT2D eigenvalue weighted by Crippen LogP contribution is 2.22. The molecule has 12 heavy (non-hydrogen) atoms. The molecule has 1 rings (SSSR count). The van der Waals surface area contributed by atoms with Gasteiger partial charge in [-0.25, -0.2) is 4.98 Å². The van der Waals surface area contributed by atoms with Gasteiger partial charge < -0.3 is 4.90 Å². The summed E-state index contributed by atoms with van der Waals surface area (Å²) in [6.45, 7) is 9.79. The van der Waals surface area contributed by atoms with Gasteiger partial charge in [-0.3, -0.25) is 0 Å². The van der Waals surface area contributed by atoms with E-state index in [9.17, 15) is 0 Å². The Kier molecular flexibility index (Phi) is 3.29. The zero-order valence-corrected chi connectivity index (χ0v) is 8.40. The second-order valence-corrected chi connectivity index (χ2v) is 3.76. The Balaban J connectivity index is 2.72. The smallest absolute Gasteiger partial charge is 0.112 e. The minimum Gasteiger partial charge on any atom is -0.359 e. The van der Waals surface area contributed by atoms with Gasteiger partial charge in [0.15, 0.2) is 0 Å². The van der Waals surface area contributed by atoms with Crippen LogP contribution in [0.15, 0.2) is 18.9 Å². The Morgan fingerprint density at radius 1 is 1.75 bits per heavy atom. The molecule has 0 N–H and O–H groups in total. The van der Waals surface area contributed by atoms with E-state index in [1.54, 1.807) is 11.3 Å². The van der Waals surface area contributed by atoms with Gasteiger partial charge >= 0.3 is 0 Å². The van der Waals surface area contributed by atoms with E-state index >= 15 is 0 Å². The average Bonchev–Trinajstić information content (AvgIpc) is 2.47. The average molecular weight is 182 g/mol. The van der Waals surface area contributed by atoms with Crippen molar-refractivity contribution in [1.82, 2.24) is 4.98 Å². The number of hydrogen-bond donors (Lipinski definition) is 0. The standard InChI is InChI=1S/C9H14N2S/c1-4-6-11(5-2)9-7-10-8(3)12-9/h4,7H,1,5-6H2,2-3H3. The Labute approximate surface area is 77.6 Å². The maximum Gasteiger partial charge on any atom is 0.112 e. The summed E-state index contributed by atoms with van der Waals surface area (Å²) in [5.74, 6) is 0. The summed E-state index contributed by atoms with van der Waals surface area (Å²) in [4.78, 5) is 6.46. The molecule has 0 aliphatic carbocycles. The van der Waals surface area contributed by atoms with Crippen molar-refractivity contribution in [3.05, 3.63) is 23.9 Å². The molecule has 1 heterocycles. The van der Waals surface area contributed by atoms with Gasteiger partial charge in [-0.1, -0.05) is 6.08 Å². The zero-order valence-electron chi connectivity index (χ0n) is 7.58. The van der Waals surface area contributed by atoms with E-state index in [4.69, 9.17) is 0 Å². The van der Waals surface area contributed by atoms with Crippen LogP contribution >= 0.6 is 11.3 Å². The maximum atomic E-state index is 4.21. The van der Waals surface area contributed by atoms with Crippen molar-refractivity contribution in [2.45, 2.75) is 13.8 Å². The largest absolute Gasteiger partial charge is 0.359 e. The Morgan fingerprint density at radius 3 is 2.92 bits per heavy atom. The molecule has 1 aromatic rings. The quantitative estimate of drug-likeness (QED) is 0.665. The van der Waals surface area contributed by atoms with Crippen molar-refractivity contribution in [2.75, 3.05) is 18.0 Å². The summed E-state index contributed by atoms with van der Waals surface area (Å²) < 4.78 is 0. The van der Waals surface area contributed by atoms with Crippen LogP contribution in [-0.2, 0) is 0 Å². The van der Waals surface area contributed by atoms with Crippen LogP contribution in [0.25, 0.3) is 0 Å². The topological polar surface area (TPSA) is 16.1 Å². The highest BCUT2D eigenvalue weighted by molar-refractivity contribution is 7.15. The van der Waals surface area contributed by atoms with Gasteiger partial charge in [0.05, 0.1) is 11.2 Å². The van der Waals surface area contributed by atoms with E-state index in [0.717, 1.165) is 18.1 Å². The SMILES string of the molecule is C=CCN(CC)c1cnc(C)s1. The van der Waals surface area contributed by atoms with Gasteiger partial charge in [0.2, 0.25) is 0 Å². The molecule has 1 aromatic heterocycles. The molecule has 0 fully saturated rings. The van der Waals surface area contributed by atoms with E-state index in [1.165, 1.54) is 5.00 Å². The first-order chi connectivity index (χ1) is 5.77. The fraction of sp³-hybridized carbons (Fsp3) is 0.444. The van der Waals surface area contributed by atoms with E-state index in [2.05, 4.69) is 23.4 Å². The molecule has 66 valence electrons. The fourth-order valence-electron chi connectivity index (χ4n) is 1.03. The second kappa shape index (κ2) is 4.26. The van der Waals surface area contributed by atoms with Gasteiger partial charge in [0.1, 0.15) is 5.00 Å². The zero-order chi connectivity index (χ0) is 8.97. The van der Waals surface area contributed by atoms with Crippen molar-refractivity contribution in [3.8, 4) is 0 Å². The lowest BCUT2D eigenvalue weighted by Gasteiger charge is -2.17. The number of aryl methyl sites for hydroxylation is 1. The summed E-state index contributed by atoms with van der Waals surface area (Å²) in [7, 11) is 0. The highest BCUT2D eigenvalue weighted by atomic mass is 32.1. The molecule has 0 atom stereocenters. The minimum atomic E-state index is 0.901. The summed E-state index contributed by atoms with van der Waals surface area (Å²) >= 11 is 1.73. The van der Waals surface area contributed by atoms with Gasteiger partial charge in [-0.2, -0.15) is 0 Å². The molecule has 0 unspecified atom stereocenters. The Bertz CT molecular complexity index is 255. The lowest BCUT2D eigenvalue weighted by Crippen LogP contribution is -2.21. The number of aromatic nitrogens is 1. The van der Waals surface area contributed by atoms with Crippen LogP contribution in [0.3, 0.4) is 0 Å². The van der Waals surface area contributed by atoms with Gasteiger partial charge in [-0.05, 0) is 13.8 Å². The van der Waals surface area contributed by atoms with Crippen molar-refractivity contribution in [2.24, 2.45) is 0 Å². The number of nitrogens with zero attached hydrogens (tertiary/aromatic N) is 2. The highest BCUT2D eigenvalue weighted by Gasteiger charge is 2.04. The molecule has 3 heteroatoms.